The van der Waals surface area contributed by atoms with Crippen LogP contribution in [0.25, 0.3) is 10.9 Å². The van der Waals surface area contributed by atoms with E-state index >= 15 is 0 Å². The third-order valence-electron chi connectivity index (χ3n) is 5.38. The van der Waals surface area contributed by atoms with E-state index in [4.69, 9.17) is 9.47 Å². The zero-order valence-corrected chi connectivity index (χ0v) is 20.3. The minimum Gasteiger partial charge on any atom is -0.493 e. The zero-order valence-electron chi connectivity index (χ0n) is 19.5. The van der Waals surface area contributed by atoms with Crippen molar-refractivity contribution in [1.29, 1.82) is 0 Å². The summed E-state index contributed by atoms with van der Waals surface area (Å²) in [6.07, 6.45) is 0. The Morgan fingerprint density at radius 2 is 1.86 bits per heavy atom. The molecule has 9 nitrogen and oxygen atoms in total. The van der Waals surface area contributed by atoms with Crippen molar-refractivity contribution in [2.45, 2.75) is 13.5 Å². The average molecular weight is 493 g/mol. The lowest BCUT2D eigenvalue weighted by atomic mass is 10.1. The molecule has 4 aromatic rings. The molecule has 0 radical (unpaired) electrons. The molecule has 2 aromatic carbocycles. The van der Waals surface area contributed by atoms with Crippen LogP contribution in [0.5, 0.6) is 11.5 Å². The van der Waals surface area contributed by atoms with Gasteiger partial charge in [0.2, 0.25) is 0 Å². The fourth-order valence-corrected chi connectivity index (χ4v) is 4.23. The van der Waals surface area contributed by atoms with Crippen LogP contribution in [-0.4, -0.2) is 47.4 Å². The third-order valence-corrected chi connectivity index (χ3v) is 6.25. The van der Waals surface area contributed by atoms with Gasteiger partial charge in [-0.05, 0) is 42.6 Å². The molecule has 0 bridgehead atoms. The topological polar surface area (TPSA) is 114 Å². The Morgan fingerprint density at radius 1 is 1.09 bits per heavy atom. The van der Waals surface area contributed by atoms with Crippen LogP contribution in [0, 0.1) is 0 Å². The lowest BCUT2D eigenvalue weighted by Gasteiger charge is -2.21. The predicted octanol–water partition coefficient (Wildman–Crippen LogP) is 3.92. The van der Waals surface area contributed by atoms with Gasteiger partial charge in [0.1, 0.15) is 5.82 Å². The molecule has 10 heteroatoms. The zero-order chi connectivity index (χ0) is 24.9. The van der Waals surface area contributed by atoms with E-state index in [-0.39, 0.29) is 23.9 Å². The van der Waals surface area contributed by atoms with E-state index in [0.717, 1.165) is 0 Å². The summed E-state index contributed by atoms with van der Waals surface area (Å²) in [6.45, 7) is 2.33. The smallest absolute Gasteiger partial charge is 0.265 e. The number of nitrogens with zero attached hydrogens (tertiary/aromatic N) is 2. The minimum atomic E-state index is -0.340. The van der Waals surface area contributed by atoms with Gasteiger partial charge in [0.25, 0.3) is 17.4 Å². The number of amides is 2. The van der Waals surface area contributed by atoms with Crippen molar-refractivity contribution >= 4 is 39.7 Å². The van der Waals surface area contributed by atoms with Crippen LogP contribution in [0.1, 0.15) is 32.8 Å². The molecule has 0 unspecified atom stereocenters. The lowest BCUT2D eigenvalue weighted by molar-refractivity contribution is 0.0748. The number of ether oxygens (including phenoxy) is 2. The van der Waals surface area contributed by atoms with Crippen LogP contribution >= 0.6 is 11.3 Å². The van der Waals surface area contributed by atoms with Crippen LogP contribution in [-0.2, 0) is 6.54 Å². The average Bonchev–Trinajstić information content (AvgIpc) is 3.41. The second-order valence-electron chi connectivity index (χ2n) is 7.57. The van der Waals surface area contributed by atoms with E-state index in [1.54, 1.807) is 53.4 Å². The molecular weight excluding hydrogens is 468 g/mol. The summed E-state index contributed by atoms with van der Waals surface area (Å²) < 4.78 is 10.6. The van der Waals surface area contributed by atoms with Gasteiger partial charge in [0.15, 0.2) is 11.5 Å². The molecule has 2 N–H and O–H groups in total. The Balaban J connectivity index is 1.57. The SMILES string of the molecule is CCN(Cc1nc2cc(OC)c(OC)cc2c(=O)[nH]1)C(=O)c1cccc(NC(=O)c2cccs2)c1. The summed E-state index contributed by atoms with van der Waals surface area (Å²) in [5, 5.41) is 4.99. The lowest BCUT2D eigenvalue weighted by Crippen LogP contribution is -2.32. The van der Waals surface area contributed by atoms with Gasteiger partial charge in [-0.15, -0.1) is 11.3 Å². The van der Waals surface area contributed by atoms with Crippen LogP contribution in [0.15, 0.2) is 58.7 Å². The second kappa shape index (κ2) is 10.4. The standard InChI is InChI=1S/C25H24N4O5S/c1-4-29(14-22-27-18-13-20(34-3)19(33-2)12-17(18)23(30)28-22)25(32)15-7-5-8-16(11-15)26-24(31)21-9-6-10-35-21/h5-13H,4,14H2,1-3H3,(H,26,31)(H,27,28,30). The van der Waals surface area contributed by atoms with E-state index in [9.17, 15) is 14.4 Å². The van der Waals surface area contributed by atoms with Crippen LogP contribution in [0.4, 0.5) is 5.69 Å². The van der Waals surface area contributed by atoms with Gasteiger partial charge in [-0.3, -0.25) is 14.4 Å². The van der Waals surface area contributed by atoms with E-state index in [0.29, 0.717) is 50.9 Å². The van der Waals surface area contributed by atoms with Crippen molar-refractivity contribution in [3.63, 3.8) is 0 Å². The molecule has 2 aromatic heterocycles. The Labute approximate surface area is 205 Å². The molecule has 0 saturated heterocycles. The predicted molar refractivity (Wildman–Crippen MR) is 135 cm³/mol. The maximum Gasteiger partial charge on any atom is 0.265 e. The van der Waals surface area contributed by atoms with E-state index in [1.807, 2.05) is 12.3 Å². The molecule has 0 fully saturated rings. The number of aromatic amines is 1. The Hall–Kier alpha value is -4.18. The van der Waals surface area contributed by atoms with Crippen molar-refractivity contribution in [2.24, 2.45) is 0 Å². The first-order valence-corrected chi connectivity index (χ1v) is 11.7. The van der Waals surface area contributed by atoms with Crippen LogP contribution in [0.3, 0.4) is 0 Å². The molecule has 0 aliphatic heterocycles. The quantitative estimate of drug-likeness (QED) is 0.386. The van der Waals surface area contributed by atoms with Crippen molar-refractivity contribution in [1.82, 2.24) is 14.9 Å². The van der Waals surface area contributed by atoms with Gasteiger partial charge >= 0.3 is 0 Å². The normalized spacial score (nSPS) is 10.7. The highest BCUT2D eigenvalue weighted by atomic mass is 32.1. The summed E-state index contributed by atoms with van der Waals surface area (Å²) in [7, 11) is 3.00. The second-order valence-corrected chi connectivity index (χ2v) is 8.52. The number of rotatable bonds is 8. The Kier molecular flexibility index (Phi) is 7.11. The monoisotopic (exact) mass is 492 g/mol. The number of thiophene rings is 1. The highest BCUT2D eigenvalue weighted by Gasteiger charge is 2.18. The van der Waals surface area contributed by atoms with Gasteiger partial charge < -0.3 is 24.7 Å². The van der Waals surface area contributed by atoms with Crippen molar-refractivity contribution < 1.29 is 19.1 Å². The molecule has 0 aliphatic carbocycles. The van der Waals surface area contributed by atoms with Gasteiger partial charge in [-0.2, -0.15) is 0 Å². The first-order valence-electron chi connectivity index (χ1n) is 10.8. The Morgan fingerprint density at radius 3 is 2.54 bits per heavy atom. The highest BCUT2D eigenvalue weighted by molar-refractivity contribution is 7.12. The maximum atomic E-state index is 13.2. The number of methoxy groups -OCH3 is 2. The number of aromatic nitrogens is 2. The largest absolute Gasteiger partial charge is 0.493 e. The summed E-state index contributed by atoms with van der Waals surface area (Å²) in [4.78, 5) is 47.7. The number of fused-ring (bicyclic) bond motifs is 1. The number of hydrogen-bond acceptors (Lipinski definition) is 7. The molecule has 0 saturated carbocycles. The van der Waals surface area contributed by atoms with Crippen molar-refractivity contribution in [2.75, 3.05) is 26.1 Å². The van der Waals surface area contributed by atoms with Crippen molar-refractivity contribution in [3.05, 3.63) is 80.5 Å². The number of carbonyl (C=O) groups excluding carboxylic acids is 2. The molecule has 180 valence electrons. The molecule has 4 rings (SSSR count). The number of H-pyrrole nitrogens is 1. The maximum absolute atomic E-state index is 13.2. The number of anilines is 1. The van der Waals surface area contributed by atoms with Gasteiger partial charge in [0.05, 0.1) is 36.5 Å². The first-order chi connectivity index (χ1) is 16.9. The van der Waals surface area contributed by atoms with Gasteiger partial charge in [0, 0.05) is 23.9 Å². The van der Waals surface area contributed by atoms with E-state index < -0.39 is 0 Å². The fourth-order valence-electron chi connectivity index (χ4n) is 3.61. The molecule has 0 aliphatic rings. The van der Waals surface area contributed by atoms with Gasteiger partial charge in [-0.1, -0.05) is 12.1 Å². The van der Waals surface area contributed by atoms with E-state index in [2.05, 4.69) is 15.3 Å². The van der Waals surface area contributed by atoms with E-state index in [1.165, 1.54) is 25.6 Å². The minimum absolute atomic E-state index is 0.0979. The molecule has 2 amide bonds. The molecule has 35 heavy (non-hydrogen) atoms. The number of hydrogen-bond donors (Lipinski definition) is 2. The van der Waals surface area contributed by atoms with Gasteiger partial charge in [-0.25, -0.2) is 4.98 Å². The van der Waals surface area contributed by atoms with Crippen LogP contribution < -0.4 is 20.3 Å². The fraction of sp³-hybridized carbons (Fsp3) is 0.200. The number of carbonyl (C=O) groups is 2. The molecule has 0 atom stereocenters. The summed E-state index contributed by atoms with van der Waals surface area (Å²) in [5.74, 6) is 0.731. The Bertz CT molecular complexity index is 1430. The molecule has 0 spiro atoms. The highest BCUT2D eigenvalue weighted by Crippen LogP contribution is 2.30. The van der Waals surface area contributed by atoms with Crippen LogP contribution in [0.2, 0.25) is 0 Å². The van der Waals surface area contributed by atoms with Crippen molar-refractivity contribution in [3.8, 4) is 11.5 Å². The molecular formula is C25H24N4O5S. The first kappa shape index (κ1) is 24.0. The number of benzene rings is 2. The number of nitrogens with one attached hydrogen (secondary N) is 2. The summed E-state index contributed by atoms with van der Waals surface area (Å²) in [6, 6.07) is 13.5. The third kappa shape index (κ3) is 5.17. The molecule has 2 heterocycles. The summed E-state index contributed by atoms with van der Waals surface area (Å²) >= 11 is 1.34. The summed E-state index contributed by atoms with van der Waals surface area (Å²) in [5.41, 5.74) is 1.02.